The molecule has 0 aromatic carbocycles. The van der Waals surface area contributed by atoms with Gasteiger partial charge < -0.3 is 10.4 Å². The lowest BCUT2D eigenvalue weighted by Gasteiger charge is -2.24. The molecule has 1 saturated carbocycles. The molecule has 1 heterocycles. The topological polar surface area (TPSA) is 35.5 Å². The maximum atomic E-state index is 9.33. The van der Waals surface area contributed by atoms with Crippen LogP contribution in [-0.4, -0.2) is 47.3 Å². The predicted molar refractivity (Wildman–Crippen MR) is 66.4 cm³/mol. The molecule has 0 spiro atoms. The van der Waals surface area contributed by atoms with Crippen LogP contribution in [0.25, 0.3) is 0 Å². The number of likely N-dealkylation sites (tertiary alicyclic amines) is 1. The van der Waals surface area contributed by atoms with Crippen LogP contribution >= 0.6 is 0 Å². The van der Waals surface area contributed by atoms with E-state index in [0.717, 1.165) is 12.1 Å². The van der Waals surface area contributed by atoms with Crippen molar-refractivity contribution in [1.29, 1.82) is 0 Å². The van der Waals surface area contributed by atoms with Gasteiger partial charge in [-0.2, -0.15) is 0 Å². The summed E-state index contributed by atoms with van der Waals surface area (Å²) in [4.78, 5) is 2.65. The summed E-state index contributed by atoms with van der Waals surface area (Å²) in [5, 5.41) is 13.0. The van der Waals surface area contributed by atoms with E-state index >= 15 is 0 Å². The molecule has 1 aliphatic carbocycles. The van der Waals surface area contributed by atoms with Crippen LogP contribution in [0.1, 0.15) is 40.0 Å². The molecule has 2 N–H and O–H groups in total. The number of hydrogen-bond acceptors (Lipinski definition) is 3. The average molecular weight is 226 g/mol. The Kier molecular flexibility index (Phi) is 3.88. The van der Waals surface area contributed by atoms with Gasteiger partial charge >= 0.3 is 0 Å². The van der Waals surface area contributed by atoms with Crippen molar-refractivity contribution in [2.75, 3.05) is 13.2 Å². The molecular weight excluding hydrogens is 200 g/mol. The monoisotopic (exact) mass is 226 g/mol. The highest BCUT2D eigenvalue weighted by Crippen LogP contribution is 2.33. The van der Waals surface area contributed by atoms with Gasteiger partial charge in [-0.25, -0.2) is 0 Å². The molecule has 0 aromatic heterocycles. The number of nitrogens with one attached hydrogen (secondary N) is 1. The Hall–Kier alpha value is -0.120. The van der Waals surface area contributed by atoms with Crippen LogP contribution in [-0.2, 0) is 0 Å². The van der Waals surface area contributed by atoms with Crippen molar-refractivity contribution in [3.05, 3.63) is 0 Å². The Morgan fingerprint density at radius 2 is 2.06 bits per heavy atom. The maximum absolute atomic E-state index is 9.33. The lowest BCUT2D eigenvalue weighted by molar-refractivity contribution is 0.196. The van der Waals surface area contributed by atoms with Crippen LogP contribution in [0.4, 0.5) is 0 Å². The second kappa shape index (κ2) is 5.03. The highest BCUT2D eigenvalue weighted by molar-refractivity contribution is 4.96. The van der Waals surface area contributed by atoms with Gasteiger partial charge in [-0.05, 0) is 32.1 Å². The molecule has 2 fully saturated rings. The summed E-state index contributed by atoms with van der Waals surface area (Å²) in [6.45, 7) is 8.11. The van der Waals surface area contributed by atoms with E-state index in [-0.39, 0.29) is 12.6 Å². The van der Waals surface area contributed by atoms with Crippen LogP contribution in [0.15, 0.2) is 0 Å². The zero-order chi connectivity index (χ0) is 11.7. The van der Waals surface area contributed by atoms with Crippen LogP contribution in [0.2, 0.25) is 0 Å². The first-order valence-corrected chi connectivity index (χ1v) is 6.74. The largest absolute Gasteiger partial charge is 0.395 e. The summed E-state index contributed by atoms with van der Waals surface area (Å²) in [6, 6.07) is 2.43. The number of aliphatic hydroxyl groups excluding tert-OH is 1. The minimum Gasteiger partial charge on any atom is -0.395 e. The third kappa shape index (κ3) is 2.76. The van der Waals surface area contributed by atoms with Gasteiger partial charge in [-0.3, -0.25) is 4.90 Å². The summed E-state index contributed by atoms with van der Waals surface area (Å²) in [7, 11) is 0. The minimum absolute atomic E-state index is 0.256. The van der Waals surface area contributed by atoms with E-state index in [9.17, 15) is 5.11 Å². The summed E-state index contributed by atoms with van der Waals surface area (Å²) in [5.41, 5.74) is 0. The van der Waals surface area contributed by atoms with Crippen LogP contribution in [0.3, 0.4) is 0 Å². The average Bonchev–Trinajstić information content (AvgIpc) is 3.00. The second-order valence-electron chi connectivity index (χ2n) is 5.91. The van der Waals surface area contributed by atoms with Gasteiger partial charge in [0, 0.05) is 30.7 Å². The van der Waals surface area contributed by atoms with Gasteiger partial charge in [0.1, 0.15) is 0 Å². The summed E-state index contributed by atoms with van der Waals surface area (Å²) in [5.74, 6) is 0.510. The molecule has 2 aliphatic rings. The van der Waals surface area contributed by atoms with Crippen LogP contribution < -0.4 is 5.32 Å². The van der Waals surface area contributed by atoms with Gasteiger partial charge in [-0.1, -0.05) is 13.8 Å². The zero-order valence-corrected chi connectivity index (χ0v) is 10.8. The molecule has 0 aromatic rings. The van der Waals surface area contributed by atoms with Crippen LogP contribution in [0, 0.1) is 5.92 Å². The third-order valence-corrected chi connectivity index (χ3v) is 4.09. The summed E-state index contributed by atoms with van der Waals surface area (Å²) < 4.78 is 0. The number of aliphatic hydroxyl groups is 1. The smallest absolute Gasteiger partial charge is 0.0587 e. The molecule has 0 bridgehead atoms. The van der Waals surface area contributed by atoms with E-state index in [4.69, 9.17) is 0 Å². The fourth-order valence-electron chi connectivity index (χ4n) is 2.85. The molecule has 3 unspecified atom stereocenters. The van der Waals surface area contributed by atoms with E-state index in [2.05, 4.69) is 31.0 Å². The lowest BCUT2D eigenvalue weighted by Crippen LogP contribution is -2.45. The van der Waals surface area contributed by atoms with Crippen molar-refractivity contribution in [2.45, 2.75) is 64.2 Å². The van der Waals surface area contributed by atoms with Gasteiger partial charge in [-0.15, -0.1) is 0 Å². The Bertz CT molecular complexity index is 228. The van der Waals surface area contributed by atoms with Crippen molar-refractivity contribution >= 4 is 0 Å². The van der Waals surface area contributed by atoms with Crippen molar-refractivity contribution in [1.82, 2.24) is 10.2 Å². The van der Waals surface area contributed by atoms with E-state index in [0.29, 0.717) is 12.0 Å². The first-order valence-electron chi connectivity index (χ1n) is 6.74. The van der Waals surface area contributed by atoms with E-state index in [1.807, 2.05) is 0 Å². The zero-order valence-electron chi connectivity index (χ0n) is 10.8. The van der Waals surface area contributed by atoms with Crippen molar-refractivity contribution in [3.63, 3.8) is 0 Å². The molecule has 94 valence electrons. The normalized spacial score (nSPS) is 33.6. The van der Waals surface area contributed by atoms with Crippen LogP contribution in [0.5, 0.6) is 0 Å². The minimum atomic E-state index is 0.256. The van der Waals surface area contributed by atoms with E-state index in [1.54, 1.807) is 0 Å². The molecule has 16 heavy (non-hydrogen) atoms. The standard InChI is InChI=1S/C13H26N2O/c1-9(2)13(8-16)14-11-6-10(3)15(7-11)12-4-5-12/h9-14,16H,4-8H2,1-3H3. The molecule has 1 saturated heterocycles. The molecule has 0 amide bonds. The van der Waals surface area contributed by atoms with Gasteiger partial charge in [0.25, 0.3) is 0 Å². The highest BCUT2D eigenvalue weighted by Gasteiger charge is 2.39. The second-order valence-corrected chi connectivity index (χ2v) is 5.91. The quantitative estimate of drug-likeness (QED) is 0.740. The Morgan fingerprint density at radius 1 is 1.38 bits per heavy atom. The predicted octanol–water partition coefficient (Wildman–Crippen LogP) is 1.22. The third-order valence-electron chi connectivity index (χ3n) is 4.09. The number of rotatable bonds is 5. The van der Waals surface area contributed by atoms with E-state index in [1.165, 1.54) is 25.8 Å². The van der Waals surface area contributed by atoms with Gasteiger partial charge in [0.2, 0.25) is 0 Å². The number of nitrogens with zero attached hydrogens (tertiary/aromatic N) is 1. The fraction of sp³-hybridized carbons (Fsp3) is 1.00. The summed E-state index contributed by atoms with van der Waals surface area (Å²) >= 11 is 0. The highest BCUT2D eigenvalue weighted by atomic mass is 16.3. The molecule has 3 heteroatoms. The molecule has 3 atom stereocenters. The van der Waals surface area contributed by atoms with E-state index < -0.39 is 0 Å². The van der Waals surface area contributed by atoms with Crippen molar-refractivity contribution < 1.29 is 5.11 Å². The fourth-order valence-corrected chi connectivity index (χ4v) is 2.85. The number of hydrogen-bond donors (Lipinski definition) is 2. The molecule has 1 aliphatic heterocycles. The first kappa shape index (κ1) is 12.3. The van der Waals surface area contributed by atoms with Crippen molar-refractivity contribution in [3.8, 4) is 0 Å². The van der Waals surface area contributed by atoms with Gasteiger partial charge in [0.05, 0.1) is 6.61 Å². The maximum Gasteiger partial charge on any atom is 0.0587 e. The molecule has 2 rings (SSSR count). The van der Waals surface area contributed by atoms with Gasteiger partial charge in [0.15, 0.2) is 0 Å². The molecular formula is C13H26N2O. The lowest BCUT2D eigenvalue weighted by atomic mass is 10.0. The Labute approximate surface area is 99.2 Å². The Morgan fingerprint density at radius 3 is 2.56 bits per heavy atom. The first-order chi connectivity index (χ1) is 7.61. The SMILES string of the molecule is CC(C)C(CO)NC1CC(C)N(C2CC2)C1. The Balaban J connectivity index is 1.82. The summed E-state index contributed by atoms with van der Waals surface area (Å²) in [6.07, 6.45) is 4.02. The molecule has 0 radical (unpaired) electrons. The molecule has 3 nitrogen and oxygen atoms in total. The van der Waals surface area contributed by atoms with Crippen molar-refractivity contribution in [2.24, 2.45) is 5.92 Å².